The lowest BCUT2D eigenvalue weighted by Crippen LogP contribution is -2.48. The molecule has 0 aromatic heterocycles. The van der Waals surface area contributed by atoms with Crippen LogP contribution in [-0.4, -0.2) is 62.7 Å². The van der Waals surface area contributed by atoms with E-state index in [9.17, 15) is 4.79 Å². The molecule has 1 aliphatic heterocycles. The van der Waals surface area contributed by atoms with Gasteiger partial charge < -0.3 is 20.3 Å². The van der Waals surface area contributed by atoms with Crippen molar-refractivity contribution in [3.8, 4) is 0 Å². The Bertz CT molecular complexity index is 337. The number of ether oxygens (including phenoxy) is 1. The second-order valence-electron chi connectivity index (χ2n) is 5.56. The minimum Gasteiger partial charge on any atom is -0.378 e. The van der Waals surface area contributed by atoms with Crippen LogP contribution in [0.2, 0.25) is 0 Å². The van der Waals surface area contributed by atoms with Crippen molar-refractivity contribution in [1.82, 2.24) is 15.5 Å². The molecule has 1 rings (SSSR count). The van der Waals surface area contributed by atoms with Gasteiger partial charge in [-0.25, -0.2) is 0 Å². The average Bonchev–Trinajstić information content (AvgIpc) is 2.48. The molecule has 0 saturated carbocycles. The summed E-state index contributed by atoms with van der Waals surface area (Å²) in [5, 5.41) is 6.19. The summed E-state index contributed by atoms with van der Waals surface area (Å²) in [4.78, 5) is 18.0. The van der Waals surface area contributed by atoms with E-state index >= 15 is 0 Å². The predicted octanol–water partition coefficient (Wildman–Crippen LogP) is 0.835. The molecule has 1 saturated heterocycles. The molecule has 122 valence electrons. The summed E-state index contributed by atoms with van der Waals surface area (Å²) in [6, 6.07) is 0. The van der Waals surface area contributed by atoms with Gasteiger partial charge in [-0.15, -0.1) is 0 Å². The minimum atomic E-state index is 0.0295. The molecule has 0 spiro atoms. The third-order valence-electron chi connectivity index (χ3n) is 3.59. The maximum Gasteiger partial charge on any atom is 0.222 e. The number of carbonyl (C=O) groups is 1. The lowest BCUT2D eigenvalue weighted by atomic mass is 10.1. The zero-order valence-corrected chi connectivity index (χ0v) is 13.8. The van der Waals surface area contributed by atoms with E-state index in [0.717, 1.165) is 38.5 Å². The van der Waals surface area contributed by atoms with Gasteiger partial charge >= 0.3 is 0 Å². The van der Waals surface area contributed by atoms with Gasteiger partial charge in [-0.1, -0.05) is 13.8 Å². The number of aliphatic imine (C=N–C) groups is 1. The van der Waals surface area contributed by atoms with Gasteiger partial charge in [0.25, 0.3) is 0 Å². The molecule has 1 fully saturated rings. The number of carbonyl (C=O) groups excluding carboxylic acids is 1. The number of likely N-dealkylation sites (tertiary alicyclic amines) is 1. The molecule has 0 aromatic rings. The summed E-state index contributed by atoms with van der Waals surface area (Å²) < 4.78 is 5.66. The van der Waals surface area contributed by atoms with Gasteiger partial charge in [0.1, 0.15) is 0 Å². The zero-order chi connectivity index (χ0) is 15.7. The first kappa shape index (κ1) is 17.8. The largest absolute Gasteiger partial charge is 0.378 e. The van der Waals surface area contributed by atoms with E-state index in [0.29, 0.717) is 19.2 Å². The van der Waals surface area contributed by atoms with Gasteiger partial charge in [-0.2, -0.15) is 0 Å². The van der Waals surface area contributed by atoms with Crippen LogP contribution in [0.15, 0.2) is 4.99 Å². The Hall–Kier alpha value is -1.30. The second kappa shape index (κ2) is 9.60. The van der Waals surface area contributed by atoms with Gasteiger partial charge in [-0.05, 0) is 19.8 Å². The van der Waals surface area contributed by atoms with Crippen LogP contribution in [-0.2, 0) is 9.53 Å². The van der Waals surface area contributed by atoms with Gasteiger partial charge in [-0.3, -0.25) is 9.79 Å². The van der Waals surface area contributed by atoms with Crippen molar-refractivity contribution >= 4 is 11.9 Å². The molecule has 1 heterocycles. The van der Waals surface area contributed by atoms with Crippen molar-refractivity contribution in [3.63, 3.8) is 0 Å². The summed E-state index contributed by atoms with van der Waals surface area (Å²) >= 11 is 0. The maximum atomic E-state index is 11.5. The van der Waals surface area contributed by atoms with E-state index in [2.05, 4.69) is 20.5 Å². The Morgan fingerprint density at radius 3 is 2.43 bits per heavy atom. The molecular weight excluding hydrogens is 268 g/mol. The van der Waals surface area contributed by atoms with Crippen molar-refractivity contribution in [3.05, 3.63) is 0 Å². The van der Waals surface area contributed by atoms with Gasteiger partial charge in [0.15, 0.2) is 5.96 Å². The molecular formula is C15H30N4O2. The predicted molar refractivity (Wildman–Crippen MR) is 85.4 cm³/mol. The first-order valence-corrected chi connectivity index (χ1v) is 7.93. The van der Waals surface area contributed by atoms with Crippen molar-refractivity contribution in [1.29, 1.82) is 0 Å². The highest BCUT2D eigenvalue weighted by Crippen LogP contribution is 2.13. The van der Waals surface area contributed by atoms with Crippen LogP contribution in [0.4, 0.5) is 0 Å². The maximum absolute atomic E-state index is 11.5. The van der Waals surface area contributed by atoms with E-state index in [1.165, 1.54) is 0 Å². The SMILES string of the molecule is CCOC1CCN(C(=NC)NCCNC(=O)C(C)C)CC1. The quantitative estimate of drug-likeness (QED) is 0.433. The molecule has 2 N–H and O–H groups in total. The van der Waals surface area contributed by atoms with Gasteiger partial charge in [0.05, 0.1) is 6.10 Å². The van der Waals surface area contributed by atoms with E-state index < -0.39 is 0 Å². The zero-order valence-electron chi connectivity index (χ0n) is 13.8. The molecule has 6 nitrogen and oxygen atoms in total. The van der Waals surface area contributed by atoms with E-state index in [4.69, 9.17) is 4.74 Å². The smallest absolute Gasteiger partial charge is 0.222 e. The van der Waals surface area contributed by atoms with Gasteiger partial charge in [0, 0.05) is 45.8 Å². The normalized spacial score (nSPS) is 17.2. The number of guanidine groups is 1. The Balaban J connectivity index is 2.25. The molecule has 0 unspecified atom stereocenters. The Kier molecular flexibility index (Phi) is 8.12. The lowest BCUT2D eigenvalue weighted by molar-refractivity contribution is -0.123. The fourth-order valence-electron chi connectivity index (χ4n) is 2.37. The van der Waals surface area contributed by atoms with Crippen LogP contribution in [0.3, 0.4) is 0 Å². The van der Waals surface area contributed by atoms with Crippen LogP contribution in [0.25, 0.3) is 0 Å². The highest BCUT2D eigenvalue weighted by atomic mass is 16.5. The summed E-state index contributed by atoms with van der Waals surface area (Å²) in [6.45, 7) is 9.84. The highest BCUT2D eigenvalue weighted by Gasteiger charge is 2.21. The fourth-order valence-corrected chi connectivity index (χ4v) is 2.37. The molecule has 6 heteroatoms. The highest BCUT2D eigenvalue weighted by molar-refractivity contribution is 5.80. The molecule has 0 aliphatic carbocycles. The summed E-state index contributed by atoms with van der Waals surface area (Å²) in [7, 11) is 1.80. The summed E-state index contributed by atoms with van der Waals surface area (Å²) in [5.74, 6) is 1.02. The fraction of sp³-hybridized carbons (Fsp3) is 0.867. The van der Waals surface area contributed by atoms with Crippen LogP contribution in [0.5, 0.6) is 0 Å². The Labute approximate surface area is 128 Å². The number of nitrogens with one attached hydrogen (secondary N) is 2. The summed E-state index contributed by atoms with van der Waals surface area (Å²) in [6.07, 6.45) is 2.46. The second-order valence-corrected chi connectivity index (χ2v) is 5.56. The van der Waals surface area contributed by atoms with Gasteiger partial charge in [0.2, 0.25) is 5.91 Å². The van der Waals surface area contributed by atoms with Crippen molar-refractivity contribution in [2.75, 3.05) is 39.8 Å². The number of amides is 1. The van der Waals surface area contributed by atoms with Crippen molar-refractivity contribution in [2.45, 2.75) is 39.7 Å². The van der Waals surface area contributed by atoms with Crippen LogP contribution in [0, 0.1) is 5.92 Å². The molecule has 1 amide bonds. The third kappa shape index (κ3) is 6.33. The van der Waals surface area contributed by atoms with E-state index in [1.807, 2.05) is 20.8 Å². The number of piperidine rings is 1. The Morgan fingerprint density at radius 1 is 1.29 bits per heavy atom. The molecule has 0 radical (unpaired) electrons. The minimum absolute atomic E-state index is 0.0295. The summed E-state index contributed by atoms with van der Waals surface area (Å²) in [5.41, 5.74) is 0. The number of rotatable bonds is 6. The Morgan fingerprint density at radius 2 is 1.90 bits per heavy atom. The van der Waals surface area contributed by atoms with Crippen molar-refractivity contribution < 1.29 is 9.53 Å². The number of hydrogen-bond donors (Lipinski definition) is 2. The van der Waals surface area contributed by atoms with Crippen molar-refractivity contribution in [2.24, 2.45) is 10.9 Å². The lowest BCUT2D eigenvalue weighted by Gasteiger charge is -2.34. The topological polar surface area (TPSA) is 66.0 Å². The molecule has 0 atom stereocenters. The monoisotopic (exact) mass is 298 g/mol. The third-order valence-corrected chi connectivity index (χ3v) is 3.59. The number of hydrogen-bond acceptors (Lipinski definition) is 3. The number of nitrogens with zero attached hydrogens (tertiary/aromatic N) is 2. The van der Waals surface area contributed by atoms with E-state index in [-0.39, 0.29) is 11.8 Å². The standard InChI is InChI=1S/C15H30N4O2/c1-5-21-13-6-10-19(11-7-13)15(16-4)18-9-8-17-14(20)12(2)3/h12-13H,5-11H2,1-4H3,(H,16,18)(H,17,20). The first-order chi connectivity index (χ1) is 10.1. The molecule has 0 bridgehead atoms. The van der Waals surface area contributed by atoms with Crippen LogP contribution in [0.1, 0.15) is 33.6 Å². The molecule has 21 heavy (non-hydrogen) atoms. The average molecular weight is 298 g/mol. The van der Waals surface area contributed by atoms with Crippen LogP contribution < -0.4 is 10.6 Å². The molecule has 1 aliphatic rings. The first-order valence-electron chi connectivity index (χ1n) is 7.93. The van der Waals surface area contributed by atoms with Crippen LogP contribution >= 0.6 is 0 Å². The molecule has 0 aromatic carbocycles. The van der Waals surface area contributed by atoms with E-state index in [1.54, 1.807) is 7.05 Å².